The van der Waals surface area contributed by atoms with Gasteiger partial charge in [0.05, 0.1) is 0 Å². The van der Waals surface area contributed by atoms with Gasteiger partial charge in [-0.25, -0.2) is 8.78 Å². The summed E-state index contributed by atoms with van der Waals surface area (Å²) in [5, 5.41) is 3.40. The Labute approximate surface area is 114 Å². The van der Waals surface area contributed by atoms with Crippen molar-refractivity contribution in [1.82, 2.24) is 5.32 Å². The maximum Gasteiger partial charge on any atom is 0.162 e. The Bertz CT molecular complexity index is 390. The quantitative estimate of drug-likeness (QED) is 0.521. The Morgan fingerprint density at radius 3 is 2.84 bits per heavy atom. The van der Waals surface area contributed by atoms with Gasteiger partial charge in [0.1, 0.15) is 0 Å². The molecule has 0 bridgehead atoms. The summed E-state index contributed by atoms with van der Waals surface area (Å²) in [5.74, 6) is -1.48. The van der Waals surface area contributed by atoms with Crippen LogP contribution in [0.4, 0.5) is 8.78 Å². The van der Waals surface area contributed by atoms with E-state index in [-0.39, 0.29) is 6.04 Å². The van der Waals surface area contributed by atoms with E-state index in [1.54, 1.807) is 12.1 Å². The van der Waals surface area contributed by atoms with Crippen molar-refractivity contribution >= 4 is 0 Å². The van der Waals surface area contributed by atoms with Crippen LogP contribution in [0.2, 0.25) is 0 Å². The van der Waals surface area contributed by atoms with Crippen molar-refractivity contribution in [1.29, 1.82) is 0 Å². The van der Waals surface area contributed by atoms with Crippen LogP contribution >= 0.6 is 0 Å². The molecule has 0 saturated carbocycles. The number of hydrogen-bond acceptors (Lipinski definition) is 1. The lowest BCUT2D eigenvalue weighted by atomic mass is 10.00. The molecule has 1 atom stereocenters. The molecule has 1 aromatic rings. The van der Waals surface area contributed by atoms with Crippen molar-refractivity contribution in [3.63, 3.8) is 0 Å². The van der Waals surface area contributed by atoms with Gasteiger partial charge >= 0.3 is 0 Å². The van der Waals surface area contributed by atoms with Crippen molar-refractivity contribution in [2.75, 3.05) is 6.54 Å². The van der Waals surface area contributed by atoms with Gasteiger partial charge in [0.25, 0.3) is 0 Å². The molecule has 3 heteroatoms. The largest absolute Gasteiger partial charge is 0.314 e. The summed E-state index contributed by atoms with van der Waals surface area (Å²) < 4.78 is 26.8. The Morgan fingerprint density at radius 2 is 2.16 bits per heavy atom. The molecule has 0 amide bonds. The second-order valence-corrected chi connectivity index (χ2v) is 4.79. The van der Waals surface area contributed by atoms with E-state index in [1.807, 2.05) is 6.08 Å². The topological polar surface area (TPSA) is 12.0 Å². The number of rotatable bonds is 9. The number of hydrogen-bond donors (Lipinski definition) is 1. The number of allylic oxidation sites excluding steroid dienone is 1. The van der Waals surface area contributed by atoms with E-state index in [4.69, 9.17) is 0 Å². The second-order valence-electron chi connectivity index (χ2n) is 4.79. The molecule has 1 rings (SSSR count). The van der Waals surface area contributed by atoms with Gasteiger partial charge in [0, 0.05) is 6.04 Å². The van der Waals surface area contributed by atoms with Gasteiger partial charge in [-0.3, -0.25) is 0 Å². The molecule has 19 heavy (non-hydrogen) atoms. The highest BCUT2D eigenvalue weighted by Crippen LogP contribution is 2.15. The van der Waals surface area contributed by atoms with E-state index < -0.39 is 11.6 Å². The molecular formula is C16H23F2N. The summed E-state index contributed by atoms with van der Waals surface area (Å²) in [6.07, 6.45) is 6.36. The predicted molar refractivity (Wildman–Crippen MR) is 76.2 cm³/mol. The molecule has 1 N–H and O–H groups in total. The maximum atomic E-state index is 13.7. The van der Waals surface area contributed by atoms with Crippen LogP contribution in [-0.2, 0) is 6.42 Å². The monoisotopic (exact) mass is 267 g/mol. The van der Waals surface area contributed by atoms with Crippen LogP contribution in [0.15, 0.2) is 30.9 Å². The lowest BCUT2D eigenvalue weighted by Crippen LogP contribution is -2.32. The van der Waals surface area contributed by atoms with Crippen LogP contribution in [0, 0.1) is 11.6 Å². The molecule has 1 unspecified atom stereocenters. The highest BCUT2D eigenvalue weighted by molar-refractivity contribution is 5.20. The smallest absolute Gasteiger partial charge is 0.162 e. The van der Waals surface area contributed by atoms with Gasteiger partial charge in [0.2, 0.25) is 0 Å². The number of halogens is 2. The zero-order valence-corrected chi connectivity index (χ0v) is 11.6. The van der Waals surface area contributed by atoms with E-state index in [0.717, 1.165) is 38.3 Å². The van der Waals surface area contributed by atoms with Crippen LogP contribution in [0.1, 0.15) is 38.2 Å². The van der Waals surface area contributed by atoms with Gasteiger partial charge in [-0.05, 0) is 50.3 Å². The fourth-order valence-corrected chi connectivity index (χ4v) is 2.10. The van der Waals surface area contributed by atoms with Crippen molar-refractivity contribution in [2.24, 2.45) is 0 Å². The number of nitrogens with one attached hydrogen (secondary N) is 1. The third kappa shape index (κ3) is 5.52. The lowest BCUT2D eigenvalue weighted by molar-refractivity contribution is 0.446. The van der Waals surface area contributed by atoms with E-state index in [9.17, 15) is 8.78 Å². The molecule has 1 nitrogen and oxygen atoms in total. The van der Waals surface area contributed by atoms with Crippen LogP contribution in [0.25, 0.3) is 0 Å². The van der Waals surface area contributed by atoms with E-state index >= 15 is 0 Å². The minimum atomic E-state index is -0.766. The molecule has 0 spiro atoms. The van der Waals surface area contributed by atoms with Crippen molar-refractivity contribution in [3.05, 3.63) is 48.1 Å². The maximum absolute atomic E-state index is 13.7. The van der Waals surface area contributed by atoms with Gasteiger partial charge in [-0.2, -0.15) is 0 Å². The highest BCUT2D eigenvalue weighted by atomic mass is 19.2. The first-order valence-corrected chi connectivity index (χ1v) is 6.96. The van der Waals surface area contributed by atoms with E-state index in [0.29, 0.717) is 12.0 Å². The molecule has 0 fully saturated rings. The summed E-state index contributed by atoms with van der Waals surface area (Å²) in [5.41, 5.74) is 0.451. The highest BCUT2D eigenvalue weighted by Gasteiger charge is 2.13. The minimum Gasteiger partial charge on any atom is -0.314 e. The molecule has 0 radical (unpaired) electrons. The molecule has 0 aliphatic heterocycles. The van der Waals surface area contributed by atoms with Crippen LogP contribution in [0.5, 0.6) is 0 Å². The zero-order chi connectivity index (χ0) is 14.1. The molecule has 106 valence electrons. The first-order chi connectivity index (χ1) is 9.19. The van der Waals surface area contributed by atoms with Crippen molar-refractivity contribution in [2.45, 2.75) is 45.1 Å². The van der Waals surface area contributed by atoms with Gasteiger partial charge in [-0.1, -0.05) is 25.1 Å². The third-order valence-electron chi connectivity index (χ3n) is 3.14. The summed E-state index contributed by atoms with van der Waals surface area (Å²) in [6.45, 7) is 6.69. The van der Waals surface area contributed by atoms with Gasteiger partial charge in [-0.15, -0.1) is 6.58 Å². The minimum absolute atomic E-state index is 0.191. The van der Waals surface area contributed by atoms with Crippen molar-refractivity contribution in [3.8, 4) is 0 Å². The molecule has 0 heterocycles. The van der Waals surface area contributed by atoms with E-state index in [1.165, 1.54) is 0 Å². The first kappa shape index (κ1) is 15.8. The standard InChI is InChI=1S/C16H23F2N/c1-3-5-6-9-14(19-11-4-2)12-13-8-7-10-15(17)16(13)18/h3,7-8,10,14,19H,1,4-6,9,11-12H2,2H3. The zero-order valence-electron chi connectivity index (χ0n) is 11.6. The predicted octanol–water partition coefficient (Wildman–Crippen LogP) is 4.23. The Morgan fingerprint density at radius 1 is 1.37 bits per heavy atom. The van der Waals surface area contributed by atoms with Crippen LogP contribution in [-0.4, -0.2) is 12.6 Å². The average Bonchev–Trinajstić information content (AvgIpc) is 2.41. The summed E-state index contributed by atoms with van der Waals surface area (Å²) in [6, 6.07) is 4.57. The normalized spacial score (nSPS) is 12.4. The molecule has 0 aliphatic carbocycles. The molecule has 1 aromatic carbocycles. The summed E-state index contributed by atoms with van der Waals surface area (Å²) in [7, 11) is 0. The number of benzene rings is 1. The third-order valence-corrected chi connectivity index (χ3v) is 3.14. The molecule has 0 aromatic heterocycles. The second kappa shape index (κ2) is 8.81. The molecule has 0 saturated heterocycles. The average molecular weight is 267 g/mol. The molecular weight excluding hydrogens is 244 g/mol. The molecule has 0 aliphatic rings. The van der Waals surface area contributed by atoms with Gasteiger partial charge < -0.3 is 5.32 Å². The summed E-state index contributed by atoms with van der Waals surface area (Å²) >= 11 is 0. The fourth-order valence-electron chi connectivity index (χ4n) is 2.10. The van der Waals surface area contributed by atoms with Gasteiger partial charge in [0.15, 0.2) is 11.6 Å². The van der Waals surface area contributed by atoms with Crippen LogP contribution < -0.4 is 5.32 Å². The number of unbranched alkanes of at least 4 members (excludes halogenated alkanes) is 1. The summed E-state index contributed by atoms with van der Waals surface area (Å²) in [4.78, 5) is 0. The fraction of sp³-hybridized carbons (Fsp3) is 0.500. The van der Waals surface area contributed by atoms with Crippen molar-refractivity contribution < 1.29 is 8.78 Å². The van der Waals surface area contributed by atoms with E-state index in [2.05, 4.69) is 18.8 Å². The Balaban J connectivity index is 2.63. The SMILES string of the molecule is C=CCCCC(Cc1cccc(F)c1F)NCCC. The first-order valence-electron chi connectivity index (χ1n) is 6.96. The Hall–Kier alpha value is -1.22. The Kier molecular flexibility index (Phi) is 7.34. The lowest BCUT2D eigenvalue weighted by Gasteiger charge is -2.18. The van der Waals surface area contributed by atoms with Crippen LogP contribution in [0.3, 0.4) is 0 Å².